The highest BCUT2D eigenvalue weighted by molar-refractivity contribution is 6.30. The van der Waals surface area contributed by atoms with Crippen LogP contribution in [0.25, 0.3) is 22.5 Å². The first-order chi connectivity index (χ1) is 17.1. The van der Waals surface area contributed by atoms with Gasteiger partial charge in [0.25, 0.3) is 0 Å². The van der Waals surface area contributed by atoms with Crippen LogP contribution in [-0.2, 0) is 19.5 Å². The monoisotopic (exact) mass is 464 g/mol. The highest BCUT2D eigenvalue weighted by Crippen LogP contribution is 2.30. The van der Waals surface area contributed by atoms with E-state index in [0.29, 0.717) is 17.8 Å². The zero-order valence-corrected chi connectivity index (χ0v) is 18.2. The average Bonchev–Trinajstić information content (AvgIpc) is 3.51. The Balaban J connectivity index is 0.00000380. The molecule has 0 fully saturated rings. The first kappa shape index (κ1) is 16.0. The predicted octanol–water partition coefficient (Wildman–Crippen LogP) is 4.69. The molecule has 0 atom stereocenters. The van der Waals surface area contributed by atoms with Crippen molar-refractivity contribution >= 4 is 24.0 Å². The lowest BCUT2D eigenvalue weighted by Crippen LogP contribution is -2.09. The number of unbranched alkanes of at least 4 members (excludes halogenated alkanes) is 1. The molecule has 2 aromatic carbocycles. The fraction of sp³-hybridized carbons (Fsp3) is 0.273. The number of halogens is 2. The van der Waals surface area contributed by atoms with E-state index in [-0.39, 0.29) is 57.9 Å². The van der Waals surface area contributed by atoms with Crippen molar-refractivity contribution in [3.8, 4) is 22.5 Å². The molecule has 9 heteroatoms. The zero-order valence-electron chi connectivity index (χ0n) is 22.6. The van der Waals surface area contributed by atoms with Crippen LogP contribution in [0.2, 0.25) is 5.15 Å². The second-order valence-electron chi connectivity index (χ2n) is 6.54. The number of aromatic nitrogens is 6. The smallest absolute Gasteiger partial charge is 0.205 e. The third-order valence-electron chi connectivity index (χ3n) is 4.57. The maximum absolute atomic E-state index is 9.86. The summed E-state index contributed by atoms with van der Waals surface area (Å²) in [5, 5.41) is 23.5. The molecule has 0 radical (unpaired) electrons. The number of imidazole rings is 1. The molecule has 0 unspecified atom stereocenters. The van der Waals surface area contributed by atoms with Crippen molar-refractivity contribution in [2.75, 3.05) is 0 Å². The molecule has 0 bridgehead atoms. The van der Waals surface area contributed by atoms with Crippen LogP contribution in [0.3, 0.4) is 0 Å². The molecule has 0 saturated carbocycles. The third kappa shape index (κ3) is 4.95. The van der Waals surface area contributed by atoms with Crippen molar-refractivity contribution in [3.05, 3.63) is 70.7 Å². The number of aliphatic hydroxyl groups excluding tert-OH is 1. The van der Waals surface area contributed by atoms with Gasteiger partial charge in [0.2, 0.25) is 5.82 Å². The molecule has 2 heterocycles. The molecule has 0 aliphatic heterocycles. The molecular weight excluding hydrogens is 435 g/mol. The Hall–Kier alpha value is -2.74. The lowest BCUT2D eigenvalue weighted by Gasteiger charge is -2.12. The van der Waals surface area contributed by atoms with Gasteiger partial charge in [-0.05, 0) is 28.3 Å². The molecule has 0 saturated heterocycles. The molecular formula is C22H24Cl2N6O. The summed E-state index contributed by atoms with van der Waals surface area (Å²) in [5.41, 5.74) is 1.08. The Bertz CT molecular complexity index is 1400. The van der Waals surface area contributed by atoms with E-state index in [1.165, 1.54) is 16.7 Å². The number of tetrazole rings is 1. The van der Waals surface area contributed by atoms with E-state index in [1.54, 1.807) is 12.1 Å². The standard InChI is InChI=1S/C22H23ClN6O.ClH/c1-2-3-8-20-24-21(23)19(14-30)29(20)13-15-9-11-16(12-10-15)17-6-4-5-7-18(17)22-25-27-28-26-22;/h4-7,9-12,30H,2-3,8,13-14H2,1H3,(H,25,26,27,28);1H/i4D,5D,6D,7D,13D2;. The summed E-state index contributed by atoms with van der Waals surface area (Å²) in [7, 11) is 0. The highest BCUT2D eigenvalue weighted by atomic mass is 35.5. The minimum atomic E-state index is -2.10. The topological polar surface area (TPSA) is 92.5 Å². The highest BCUT2D eigenvalue weighted by Gasteiger charge is 2.16. The summed E-state index contributed by atoms with van der Waals surface area (Å²) >= 11 is 6.20. The van der Waals surface area contributed by atoms with Crippen molar-refractivity contribution in [2.45, 2.75) is 39.3 Å². The maximum Gasteiger partial charge on any atom is 0.205 e. The number of rotatable bonds is 8. The van der Waals surface area contributed by atoms with Crippen LogP contribution in [0.1, 0.15) is 45.1 Å². The summed E-state index contributed by atoms with van der Waals surface area (Å²) in [6.45, 7) is -0.577. The van der Waals surface area contributed by atoms with Gasteiger partial charge >= 0.3 is 0 Å². The summed E-state index contributed by atoms with van der Waals surface area (Å²) in [6, 6.07) is 4.74. The van der Waals surface area contributed by atoms with Crippen LogP contribution < -0.4 is 0 Å². The van der Waals surface area contributed by atoms with Gasteiger partial charge in [-0.3, -0.25) is 0 Å². The third-order valence-corrected chi connectivity index (χ3v) is 4.87. The van der Waals surface area contributed by atoms with Gasteiger partial charge in [0.05, 0.1) is 20.5 Å². The van der Waals surface area contributed by atoms with Gasteiger partial charge in [0, 0.05) is 18.5 Å². The van der Waals surface area contributed by atoms with Gasteiger partial charge in [-0.1, -0.05) is 73.4 Å². The van der Waals surface area contributed by atoms with Crippen LogP contribution in [0.15, 0.2) is 48.4 Å². The zero-order chi connectivity index (χ0) is 26.2. The van der Waals surface area contributed by atoms with E-state index in [4.69, 9.17) is 19.8 Å². The number of H-pyrrole nitrogens is 1. The number of aryl methyl sites for hydroxylation is 1. The Morgan fingerprint density at radius 1 is 1.19 bits per heavy atom. The largest absolute Gasteiger partial charge is 0.390 e. The predicted molar refractivity (Wildman–Crippen MR) is 123 cm³/mol. The van der Waals surface area contributed by atoms with Crippen molar-refractivity contribution in [2.24, 2.45) is 0 Å². The molecule has 7 nitrogen and oxygen atoms in total. The summed E-state index contributed by atoms with van der Waals surface area (Å²) in [4.78, 5) is 4.28. The number of nitrogens with zero attached hydrogens (tertiary/aromatic N) is 5. The number of nitrogens with one attached hydrogen (secondary N) is 1. The minimum Gasteiger partial charge on any atom is -0.390 e. The summed E-state index contributed by atoms with van der Waals surface area (Å²) in [5.74, 6) is 0.439. The normalized spacial score (nSPS) is 14.0. The molecule has 2 N–H and O–H groups in total. The fourth-order valence-corrected chi connectivity index (χ4v) is 3.29. The quantitative estimate of drug-likeness (QED) is 0.394. The van der Waals surface area contributed by atoms with Gasteiger partial charge in [0.1, 0.15) is 5.82 Å². The number of hydrogen-bond donors (Lipinski definition) is 2. The molecule has 0 aliphatic carbocycles. The number of aromatic amines is 1. The minimum absolute atomic E-state index is 0. The molecule has 0 aliphatic rings. The van der Waals surface area contributed by atoms with E-state index in [9.17, 15) is 5.11 Å². The van der Waals surface area contributed by atoms with Crippen LogP contribution in [0, 0.1) is 0 Å². The molecule has 0 amide bonds. The maximum atomic E-state index is 9.86. The number of benzene rings is 2. The molecule has 162 valence electrons. The van der Waals surface area contributed by atoms with Crippen molar-refractivity contribution in [1.82, 2.24) is 30.2 Å². The van der Waals surface area contributed by atoms with E-state index in [0.717, 1.165) is 12.8 Å². The van der Waals surface area contributed by atoms with Crippen LogP contribution in [0.4, 0.5) is 0 Å². The fourth-order valence-electron chi connectivity index (χ4n) is 3.05. The molecule has 4 rings (SSSR count). The van der Waals surface area contributed by atoms with E-state index >= 15 is 0 Å². The van der Waals surface area contributed by atoms with Crippen molar-refractivity contribution in [3.63, 3.8) is 0 Å². The van der Waals surface area contributed by atoms with E-state index < -0.39 is 25.2 Å². The van der Waals surface area contributed by atoms with Gasteiger partial charge in [0.15, 0.2) is 5.15 Å². The number of aliphatic hydroxyl groups is 1. The lowest BCUT2D eigenvalue weighted by atomic mass is 9.98. The first-order valence-electron chi connectivity index (χ1n) is 12.5. The Kier molecular flexibility index (Phi) is 5.42. The van der Waals surface area contributed by atoms with Gasteiger partial charge in [-0.2, -0.15) is 5.21 Å². The van der Waals surface area contributed by atoms with E-state index in [1.807, 2.05) is 6.92 Å². The van der Waals surface area contributed by atoms with Crippen molar-refractivity contribution in [1.29, 1.82) is 0 Å². The average molecular weight is 465 g/mol. The Morgan fingerprint density at radius 3 is 2.58 bits per heavy atom. The molecule has 4 aromatic rings. The first-order valence-corrected chi connectivity index (χ1v) is 9.83. The summed E-state index contributed by atoms with van der Waals surface area (Å²) < 4.78 is 52.0. The van der Waals surface area contributed by atoms with Gasteiger partial charge in [-0.15, -0.1) is 22.6 Å². The second kappa shape index (κ2) is 10.5. The Morgan fingerprint density at radius 2 is 1.94 bits per heavy atom. The molecule has 0 spiro atoms. The van der Waals surface area contributed by atoms with E-state index in [2.05, 4.69) is 25.6 Å². The number of hydrogen-bond acceptors (Lipinski definition) is 5. The van der Waals surface area contributed by atoms with Crippen LogP contribution >= 0.6 is 24.0 Å². The lowest BCUT2D eigenvalue weighted by molar-refractivity contribution is 0.271. The second-order valence-corrected chi connectivity index (χ2v) is 6.90. The molecule has 31 heavy (non-hydrogen) atoms. The van der Waals surface area contributed by atoms with Crippen LogP contribution in [0.5, 0.6) is 0 Å². The van der Waals surface area contributed by atoms with Gasteiger partial charge < -0.3 is 9.67 Å². The van der Waals surface area contributed by atoms with Crippen molar-refractivity contribution < 1.29 is 13.3 Å². The van der Waals surface area contributed by atoms with Crippen LogP contribution in [-0.4, -0.2) is 35.3 Å². The molecule has 2 aromatic heterocycles. The Labute approximate surface area is 200 Å². The SMILES string of the molecule is Cl.[2H]c1c([2H])c([2H])c(-c2nn[nH]n2)c(-c2ccc(C([2H])([2H])n3c(CCCC)nc(Cl)c3CO)cc2)c1[2H]. The van der Waals surface area contributed by atoms with Gasteiger partial charge in [-0.25, -0.2) is 4.98 Å². The summed E-state index contributed by atoms with van der Waals surface area (Å²) in [6.07, 6.45) is 2.14.